The third-order valence-electron chi connectivity index (χ3n) is 4.57. The van der Waals surface area contributed by atoms with Gasteiger partial charge in [0.2, 0.25) is 0 Å². The average molecular weight is 424 g/mol. The maximum atomic E-state index is 13.1. The smallest absolute Gasteiger partial charge is 0.302 e. The van der Waals surface area contributed by atoms with E-state index < -0.39 is 29.5 Å². The van der Waals surface area contributed by atoms with Gasteiger partial charge in [-0.2, -0.15) is 26.3 Å². The maximum Gasteiger partial charge on any atom is 0.416 e. The predicted octanol–water partition coefficient (Wildman–Crippen LogP) is 6.31. The summed E-state index contributed by atoms with van der Waals surface area (Å²) in [6.07, 6.45) is -6.61. The first-order valence-electron chi connectivity index (χ1n) is 9.02. The molecule has 3 rings (SSSR count). The minimum Gasteiger partial charge on any atom is -0.302 e. The fraction of sp³-hybridized carbons (Fsp3) is 0.227. The Bertz CT molecular complexity index is 964. The van der Waals surface area contributed by atoms with E-state index in [0.29, 0.717) is 0 Å². The Kier molecular flexibility index (Phi) is 6.17. The lowest BCUT2D eigenvalue weighted by molar-refractivity contribution is -0.143. The van der Waals surface area contributed by atoms with Crippen LogP contribution in [0.15, 0.2) is 67.0 Å². The number of aromatic nitrogens is 1. The first-order chi connectivity index (χ1) is 14.0. The highest BCUT2D eigenvalue weighted by Crippen LogP contribution is 2.36. The van der Waals surface area contributed by atoms with Crippen LogP contribution in [0.2, 0.25) is 0 Å². The molecular weight excluding hydrogens is 406 g/mol. The second-order valence-electron chi connectivity index (χ2n) is 6.92. The topological polar surface area (TPSA) is 24.9 Å². The van der Waals surface area contributed by atoms with Gasteiger partial charge in [0.25, 0.3) is 0 Å². The van der Waals surface area contributed by atoms with Gasteiger partial charge in [-0.3, -0.25) is 4.98 Å². The lowest BCUT2D eigenvalue weighted by atomic mass is 9.97. The zero-order valence-corrected chi connectivity index (χ0v) is 15.9. The summed E-state index contributed by atoms with van der Waals surface area (Å²) in [5.74, 6) is 0. The van der Waals surface area contributed by atoms with Crippen LogP contribution in [0.3, 0.4) is 0 Å². The molecule has 2 nitrogen and oxygen atoms in total. The third kappa shape index (κ3) is 5.38. The SMILES string of the molecule is Cc1cccc(C(NCc2cc(C(F)(F)F)cc(C(F)(F)F)c2)c2ccncc2)c1. The third-order valence-corrected chi connectivity index (χ3v) is 4.57. The molecule has 1 N–H and O–H groups in total. The van der Waals surface area contributed by atoms with Crippen molar-refractivity contribution in [1.29, 1.82) is 0 Å². The molecule has 1 aromatic heterocycles. The number of rotatable bonds is 5. The quantitative estimate of drug-likeness (QED) is 0.486. The first-order valence-corrected chi connectivity index (χ1v) is 9.02. The van der Waals surface area contributed by atoms with E-state index in [1.165, 1.54) is 0 Å². The van der Waals surface area contributed by atoms with E-state index >= 15 is 0 Å². The number of aryl methyl sites for hydroxylation is 1. The minimum absolute atomic E-state index is 0.108. The number of nitrogens with one attached hydrogen (secondary N) is 1. The van der Waals surface area contributed by atoms with Gasteiger partial charge in [0.15, 0.2) is 0 Å². The summed E-state index contributed by atoms with van der Waals surface area (Å²) in [5, 5.41) is 3.09. The monoisotopic (exact) mass is 424 g/mol. The van der Waals surface area contributed by atoms with Crippen molar-refractivity contribution in [2.45, 2.75) is 31.9 Å². The highest BCUT2D eigenvalue weighted by molar-refractivity contribution is 5.36. The highest BCUT2D eigenvalue weighted by Gasteiger charge is 2.36. The fourth-order valence-electron chi connectivity index (χ4n) is 3.18. The standard InChI is InChI=1S/C22H18F6N2/c1-14-3-2-4-17(9-14)20(16-5-7-29-8-6-16)30-13-15-10-18(21(23,24)25)12-19(11-15)22(26,27)28/h2-12,20,30H,13H2,1H3. The molecule has 0 amide bonds. The van der Waals surface area contributed by atoms with Crippen molar-refractivity contribution in [2.75, 3.05) is 0 Å². The van der Waals surface area contributed by atoms with Crippen molar-refractivity contribution in [3.63, 3.8) is 0 Å². The summed E-state index contributed by atoms with van der Waals surface area (Å²) >= 11 is 0. The van der Waals surface area contributed by atoms with Crippen LogP contribution in [0.25, 0.3) is 0 Å². The summed E-state index contributed by atoms with van der Waals surface area (Å²) in [7, 11) is 0. The lowest BCUT2D eigenvalue weighted by Crippen LogP contribution is -2.23. The van der Waals surface area contributed by atoms with E-state index in [1.807, 2.05) is 31.2 Å². The summed E-state index contributed by atoms with van der Waals surface area (Å²) in [5.41, 5.74) is -0.159. The molecular formula is C22H18F6N2. The largest absolute Gasteiger partial charge is 0.416 e. The van der Waals surface area contributed by atoms with Crippen molar-refractivity contribution in [3.05, 3.63) is 100 Å². The fourth-order valence-corrected chi connectivity index (χ4v) is 3.18. The van der Waals surface area contributed by atoms with Crippen LogP contribution in [-0.4, -0.2) is 4.98 Å². The van der Waals surface area contributed by atoms with Crippen LogP contribution >= 0.6 is 0 Å². The number of nitrogens with zero attached hydrogens (tertiary/aromatic N) is 1. The number of hydrogen-bond donors (Lipinski definition) is 1. The van der Waals surface area contributed by atoms with Crippen molar-refractivity contribution in [1.82, 2.24) is 10.3 Å². The minimum atomic E-state index is -4.88. The van der Waals surface area contributed by atoms with Gasteiger partial charge in [0, 0.05) is 18.9 Å². The molecule has 3 aromatic rings. The molecule has 0 aliphatic heterocycles. The van der Waals surface area contributed by atoms with Crippen molar-refractivity contribution in [3.8, 4) is 0 Å². The highest BCUT2D eigenvalue weighted by atomic mass is 19.4. The van der Waals surface area contributed by atoms with Crippen LogP contribution in [-0.2, 0) is 18.9 Å². The van der Waals surface area contributed by atoms with E-state index in [0.717, 1.165) is 28.8 Å². The average Bonchev–Trinajstić information content (AvgIpc) is 2.67. The molecule has 2 aromatic carbocycles. The molecule has 1 unspecified atom stereocenters. The van der Waals surface area contributed by atoms with E-state index in [1.54, 1.807) is 24.5 Å². The second-order valence-corrected chi connectivity index (χ2v) is 6.92. The molecule has 1 atom stereocenters. The molecule has 0 fully saturated rings. The van der Waals surface area contributed by atoms with Crippen molar-refractivity contribution < 1.29 is 26.3 Å². The van der Waals surface area contributed by atoms with Crippen molar-refractivity contribution in [2.24, 2.45) is 0 Å². The molecule has 0 bridgehead atoms. The van der Waals surface area contributed by atoms with Crippen LogP contribution in [0.1, 0.15) is 39.4 Å². The molecule has 0 aliphatic rings. The molecule has 0 saturated carbocycles. The van der Waals surface area contributed by atoms with E-state index in [9.17, 15) is 26.3 Å². The zero-order chi connectivity index (χ0) is 21.9. The van der Waals surface area contributed by atoms with Crippen LogP contribution in [0.5, 0.6) is 0 Å². The van der Waals surface area contributed by atoms with Gasteiger partial charge in [-0.1, -0.05) is 29.8 Å². The van der Waals surface area contributed by atoms with Crippen LogP contribution in [0.4, 0.5) is 26.3 Å². The number of halogens is 6. The molecule has 158 valence electrons. The van der Waals surface area contributed by atoms with Gasteiger partial charge in [-0.25, -0.2) is 0 Å². The van der Waals surface area contributed by atoms with E-state index in [4.69, 9.17) is 0 Å². The predicted molar refractivity (Wildman–Crippen MR) is 101 cm³/mol. The molecule has 0 spiro atoms. The normalized spacial score (nSPS) is 13.3. The summed E-state index contributed by atoms with van der Waals surface area (Å²) in [6, 6.07) is 12.2. The number of benzene rings is 2. The number of pyridine rings is 1. The van der Waals surface area contributed by atoms with E-state index in [-0.39, 0.29) is 18.2 Å². The van der Waals surface area contributed by atoms with Gasteiger partial charge < -0.3 is 5.32 Å². The lowest BCUT2D eigenvalue weighted by Gasteiger charge is -2.21. The Morgan fingerprint density at radius 2 is 1.40 bits per heavy atom. The Morgan fingerprint density at radius 3 is 1.93 bits per heavy atom. The van der Waals surface area contributed by atoms with Crippen molar-refractivity contribution >= 4 is 0 Å². The zero-order valence-electron chi connectivity index (χ0n) is 15.9. The molecule has 0 saturated heterocycles. The van der Waals surface area contributed by atoms with Gasteiger partial charge >= 0.3 is 12.4 Å². The molecule has 0 radical (unpaired) electrons. The number of hydrogen-bond acceptors (Lipinski definition) is 2. The molecule has 1 heterocycles. The molecule has 0 aliphatic carbocycles. The summed E-state index contributed by atoms with van der Waals surface area (Å²) in [6.45, 7) is 1.71. The Morgan fingerprint density at radius 1 is 0.800 bits per heavy atom. The number of alkyl halides is 6. The molecule has 8 heteroatoms. The Hall–Kier alpha value is -2.87. The van der Waals surface area contributed by atoms with Crippen LogP contribution < -0.4 is 5.32 Å². The van der Waals surface area contributed by atoms with Gasteiger partial charge in [0.05, 0.1) is 17.2 Å². The van der Waals surface area contributed by atoms with Gasteiger partial charge in [0.1, 0.15) is 0 Å². The Balaban J connectivity index is 1.95. The summed E-state index contributed by atoms with van der Waals surface area (Å²) in [4.78, 5) is 3.96. The van der Waals surface area contributed by atoms with Crippen LogP contribution in [0, 0.1) is 6.92 Å². The van der Waals surface area contributed by atoms with E-state index in [2.05, 4.69) is 10.3 Å². The maximum absolute atomic E-state index is 13.1. The first kappa shape index (κ1) is 21.8. The summed E-state index contributed by atoms with van der Waals surface area (Å²) < 4.78 is 78.7. The Labute approximate surface area is 169 Å². The second kappa shape index (κ2) is 8.47. The van der Waals surface area contributed by atoms with Gasteiger partial charge in [-0.05, 0) is 53.9 Å². The van der Waals surface area contributed by atoms with Gasteiger partial charge in [-0.15, -0.1) is 0 Å². The molecule has 30 heavy (non-hydrogen) atoms.